The van der Waals surface area contributed by atoms with E-state index >= 15 is 0 Å². The van der Waals surface area contributed by atoms with Crippen molar-refractivity contribution in [2.75, 3.05) is 0 Å². The highest BCUT2D eigenvalue weighted by molar-refractivity contribution is 5.70. The fourth-order valence-corrected chi connectivity index (χ4v) is 3.25. The molecule has 2 aromatic carbocycles. The Morgan fingerprint density at radius 1 is 0.958 bits per heavy atom. The second-order valence-corrected chi connectivity index (χ2v) is 6.39. The van der Waals surface area contributed by atoms with Crippen LogP contribution in [-0.4, -0.2) is 0 Å². The Balaban J connectivity index is 1.77. The monoisotopic (exact) mass is 330 g/mol. The summed E-state index contributed by atoms with van der Waals surface area (Å²) in [4.78, 5) is 0. The highest BCUT2D eigenvalue weighted by Gasteiger charge is 2.21. The lowest BCUT2D eigenvalue weighted by atomic mass is 9.87. The van der Waals surface area contributed by atoms with Crippen LogP contribution in [0.15, 0.2) is 36.4 Å². The zero-order valence-electron chi connectivity index (χ0n) is 13.8. The molecule has 0 fully saturated rings. The summed E-state index contributed by atoms with van der Waals surface area (Å²) in [5, 5.41) is 0. The van der Waals surface area contributed by atoms with Crippen molar-refractivity contribution in [1.29, 1.82) is 0 Å². The third kappa shape index (κ3) is 3.40. The van der Waals surface area contributed by atoms with Crippen LogP contribution in [0.3, 0.4) is 0 Å². The molecule has 24 heavy (non-hydrogen) atoms. The van der Waals surface area contributed by atoms with Crippen molar-refractivity contribution in [3.63, 3.8) is 0 Å². The topological polar surface area (TPSA) is 0 Å². The van der Waals surface area contributed by atoms with Crippen molar-refractivity contribution in [3.8, 4) is 0 Å². The van der Waals surface area contributed by atoms with Crippen LogP contribution in [0.25, 0.3) is 5.57 Å². The molecule has 3 heteroatoms. The number of hydrogen-bond acceptors (Lipinski definition) is 0. The molecule has 0 radical (unpaired) electrons. The number of rotatable bonds is 5. The fraction of sp³-hybridized carbons (Fsp3) is 0.333. The first-order valence-corrected chi connectivity index (χ1v) is 8.53. The molecule has 1 aliphatic rings. The molecular weight excluding hydrogens is 309 g/mol. The highest BCUT2D eigenvalue weighted by Crippen LogP contribution is 2.31. The maximum Gasteiger partial charge on any atom is 0.194 e. The van der Waals surface area contributed by atoms with Gasteiger partial charge in [-0.1, -0.05) is 50.1 Å². The summed E-state index contributed by atoms with van der Waals surface area (Å²) in [6.07, 6.45) is 7.34. The second kappa shape index (κ2) is 7.25. The average molecular weight is 330 g/mol. The summed E-state index contributed by atoms with van der Waals surface area (Å²) in [7, 11) is 0. The van der Waals surface area contributed by atoms with E-state index in [4.69, 9.17) is 0 Å². The number of benzene rings is 2. The average Bonchev–Trinajstić information content (AvgIpc) is 2.60. The van der Waals surface area contributed by atoms with Gasteiger partial charge in [0.05, 0.1) is 0 Å². The molecule has 0 unspecified atom stereocenters. The van der Waals surface area contributed by atoms with E-state index in [1.165, 1.54) is 24.8 Å². The Bertz CT molecular complexity index is 758. The molecule has 0 spiro atoms. The van der Waals surface area contributed by atoms with Crippen LogP contribution in [0.2, 0.25) is 0 Å². The largest absolute Gasteiger partial charge is 0.204 e. The van der Waals surface area contributed by atoms with Gasteiger partial charge in [-0.2, -0.15) is 0 Å². The van der Waals surface area contributed by atoms with E-state index in [-0.39, 0.29) is 5.56 Å². The zero-order chi connectivity index (χ0) is 17.1. The van der Waals surface area contributed by atoms with E-state index in [9.17, 15) is 13.2 Å². The molecule has 0 atom stereocenters. The third-order valence-electron chi connectivity index (χ3n) is 4.68. The van der Waals surface area contributed by atoms with Crippen molar-refractivity contribution in [2.45, 2.75) is 45.4 Å². The predicted molar refractivity (Wildman–Crippen MR) is 91.4 cm³/mol. The van der Waals surface area contributed by atoms with Gasteiger partial charge in [-0.05, 0) is 59.6 Å². The quantitative estimate of drug-likeness (QED) is 0.464. The molecule has 0 aliphatic heterocycles. The minimum atomic E-state index is -1.37. The van der Waals surface area contributed by atoms with Gasteiger partial charge in [-0.15, -0.1) is 0 Å². The van der Waals surface area contributed by atoms with Crippen LogP contribution in [0.1, 0.15) is 48.4 Å². The standard InChI is InChI=1S/C21H21F3/c1-2-3-4-5-14-6-8-15(9-7-14)16-10-11-18-17(12-16)13-19(22)21(24)20(18)23/h6-10,13H,2-5,11-12H2,1H3. The first-order chi connectivity index (χ1) is 11.6. The minimum Gasteiger partial charge on any atom is -0.204 e. The molecule has 0 nitrogen and oxygen atoms in total. The van der Waals surface area contributed by atoms with Crippen molar-refractivity contribution < 1.29 is 13.2 Å². The molecule has 1 aliphatic carbocycles. The Kier molecular flexibility index (Phi) is 5.08. The van der Waals surface area contributed by atoms with E-state index in [0.29, 0.717) is 18.4 Å². The fourth-order valence-electron chi connectivity index (χ4n) is 3.25. The summed E-state index contributed by atoms with van der Waals surface area (Å²) in [5.74, 6) is -3.53. The van der Waals surface area contributed by atoms with Gasteiger partial charge in [-0.25, -0.2) is 13.2 Å². The van der Waals surface area contributed by atoms with Gasteiger partial charge in [0.25, 0.3) is 0 Å². The number of fused-ring (bicyclic) bond motifs is 1. The Labute approximate surface area is 141 Å². The van der Waals surface area contributed by atoms with Gasteiger partial charge in [0.15, 0.2) is 17.5 Å². The molecule has 3 rings (SSSR count). The number of hydrogen-bond donors (Lipinski definition) is 0. The third-order valence-corrected chi connectivity index (χ3v) is 4.68. The SMILES string of the molecule is CCCCCc1ccc(C2=CCc3c(cc(F)c(F)c3F)C2)cc1. The zero-order valence-corrected chi connectivity index (χ0v) is 13.8. The van der Waals surface area contributed by atoms with Gasteiger partial charge < -0.3 is 0 Å². The lowest BCUT2D eigenvalue weighted by Crippen LogP contribution is -2.09. The molecule has 0 saturated carbocycles. The molecule has 0 saturated heterocycles. The summed E-state index contributed by atoms with van der Waals surface area (Å²) in [6, 6.07) is 9.49. The smallest absolute Gasteiger partial charge is 0.194 e. The van der Waals surface area contributed by atoms with E-state index in [1.54, 1.807) is 0 Å². The molecule has 126 valence electrons. The molecule has 0 heterocycles. The number of unbranched alkanes of at least 4 members (excludes halogenated alkanes) is 2. The molecule has 0 N–H and O–H groups in total. The van der Waals surface area contributed by atoms with E-state index in [1.807, 2.05) is 6.08 Å². The van der Waals surface area contributed by atoms with Crippen molar-refractivity contribution in [2.24, 2.45) is 0 Å². The maximum absolute atomic E-state index is 13.8. The van der Waals surface area contributed by atoms with Gasteiger partial charge in [0.2, 0.25) is 0 Å². The molecule has 0 aromatic heterocycles. The van der Waals surface area contributed by atoms with Gasteiger partial charge in [-0.3, -0.25) is 0 Å². The Morgan fingerprint density at radius 2 is 1.71 bits per heavy atom. The summed E-state index contributed by atoms with van der Waals surface area (Å²) in [6.45, 7) is 2.19. The van der Waals surface area contributed by atoms with Crippen LogP contribution in [0.5, 0.6) is 0 Å². The maximum atomic E-state index is 13.8. The van der Waals surface area contributed by atoms with Crippen LogP contribution < -0.4 is 0 Å². The summed E-state index contributed by atoms with van der Waals surface area (Å²) < 4.78 is 40.6. The van der Waals surface area contributed by atoms with E-state index in [0.717, 1.165) is 23.6 Å². The highest BCUT2D eigenvalue weighted by atomic mass is 19.2. The molecule has 2 aromatic rings. The normalized spacial score (nSPS) is 13.6. The number of allylic oxidation sites excluding steroid dienone is 2. The molecule has 0 bridgehead atoms. The lowest BCUT2D eigenvalue weighted by molar-refractivity contribution is 0.440. The van der Waals surface area contributed by atoms with Gasteiger partial charge in [0.1, 0.15) is 0 Å². The molecule has 0 amide bonds. The summed E-state index contributed by atoms with van der Waals surface area (Å²) in [5.41, 5.74) is 4.21. The van der Waals surface area contributed by atoms with Gasteiger partial charge >= 0.3 is 0 Å². The van der Waals surface area contributed by atoms with Crippen LogP contribution >= 0.6 is 0 Å². The predicted octanol–water partition coefficient (Wildman–Crippen LogP) is 6.02. The van der Waals surface area contributed by atoms with Gasteiger partial charge in [0, 0.05) is 0 Å². The minimum absolute atomic E-state index is 0.272. The van der Waals surface area contributed by atoms with Crippen LogP contribution in [0.4, 0.5) is 13.2 Å². The Hall–Kier alpha value is -2.03. The first kappa shape index (κ1) is 16.8. The number of aryl methyl sites for hydroxylation is 1. The summed E-state index contributed by atoms with van der Waals surface area (Å²) >= 11 is 0. The second-order valence-electron chi connectivity index (χ2n) is 6.39. The van der Waals surface area contributed by atoms with E-state index < -0.39 is 17.5 Å². The molecular formula is C21H21F3. The Morgan fingerprint density at radius 3 is 2.42 bits per heavy atom. The van der Waals surface area contributed by atoms with Crippen LogP contribution in [-0.2, 0) is 19.3 Å². The lowest BCUT2D eigenvalue weighted by Gasteiger charge is -2.19. The van der Waals surface area contributed by atoms with Crippen molar-refractivity contribution in [1.82, 2.24) is 0 Å². The van der Waals surface area contributed by atoms with E-state index in [2.05, 4.69) is 31.2 Å². The van der Waals surface area contributed by atoms with Crippen molar-refractivity contribution >= 4 is 5.57 Å². The number of halogens is 3. The first-order valence-electron chi connectivity index (χ1n) is 8.53. The van der Waals surface area contributed by atoms with Crippen molar-refractivity contribution in [3.05, 3.63) is 76.1 Å². The van der Waals surface area contributed by atoms with Crippen LogP contribution in [0, 0.1) is 17.5 Å².